The maximum atomic E-state index is 11.9. The normalized spacial score (nSPS) is 10.5. The van der Waals surface area contributed by atoms with E-state index in [4.69, 9.17) is 0 Å². The van der Waals surface area contributed by atoms with Gasteiger partial charge in [-0.25, -0.2) is 4.98 Å². The van der Waals surface area contributed by atoms with Crippen molar-refractivity contribution < 1.29 is 4.79 Å². The van der Waals surface area contributed by atoms with Crippen molar-refractivity contribution in [3.8, 4) is 0 Å². The predicted molar refractivity (Wildman–Crippen MR) is 70.6 cm³/mol. The van der Waals surface area contributed by atoms with Gasteiger partial charge >= 0.3 is 0 Å². The molecule has 0 bridgehead atoms. The van der Waals surface area contributed by atoms with Gasteiger partial charge in [0.15, 0.2) is 0 Å². The van der Waals surface area contributed by atoms with Crippen molar-refractivity contribution in [1.82, 2.24) is 19.7 Å². The van der Waals surface area contributed by atoms with Gasteiger partial charge in [-0.1, -0.05) is 6.07 Å². The Morgan fingerprint density at radius 3 is 3.00 bits per heavy atom. The number of hydrogen-bond donors (Lipinski definition) is 1. The molecule has 1 N–H and O–H groups in total. The van der Waals surface area contributed by atoms with E-state index in [0.717, 1.165) is 11.3 Å². The summed E-state index contributed by atoms with van der Waals surface area (Å²) in [6.45, 7) is 0.381. The number of aromatic nitrogens is 3. The number of fused-ring (bicyclic) bond motifs is 1. The van der Waals surface area contributed by atoms with E-state index in [2.05, 4.69) is 15.3 Å². The van der Waals surface area contributed by atoms with Crippen molar-refractivity contribution in [2.45, 2.75) is 6.54 Å². The van der Waals surface area contributed by atoms with Crippen LogP contribution in [0.1, 0.15) is 16.2 Å². The molecule has 0 aliphatic heterocycles. The molecular formula is C14H12N4O. The Morgan fingerprint density at radius 1 is 1.21 bits per heavy atom. The molecule has 0 saturated heterocycles. The van der Waals surface area contributed by atoms with E-state index < -0.39 is 0 Å². The minimum atomic E-state index is -0.152. The second-order valence-electron chi connectivity index (χ2n) is 4.09. The number of nitrogens with zero attached hydrogens (tertiary/aromatic N) is 3. The molecule has 3 heterocycles. The van der Waals surface area contributed by atoms with Crippen molar-refractivity contribution in [3.63, 3.8) is 0 Å². The van der Waals surface area contributed by atoms with Gasteiger partial charge < -0.3 is 9.72 Å². The Morgan fingerprint density at radius 2 is 2.16 bits per heavy atom. The van der Waals surface area contributed by atoms with Gasteiger partial charge in [-0.05, 0) is 24.3 Å². The molecule has 0 unspecified atom stereocenters. The minimum Gasteiger partial charge on any atom is -0.345 e. The monoisotopic (exact) mass is 252 g/mol. The summed E-state index contributed by atoms with van der Waals surface area (Å²) in [5.41, 5.74) is 1.55. The topological polar surface area (TPSA) is 59.3 Å². The Balaban J connectivity index is 1.75. The molecule has 3 aromatic rings. The fourth-order valence-electron chi connectivity index (χ4n) is 1.89. The number of amides is 1. The van der Waals surface area contributed by atoms with Crippen LogP contribution in [0.5, 0.6) is 0 Å². The van der Waals surface area contributed by atoms with Crippen molar-refractivity contribution in [3.05, 3.63) is 66.5 Å². The molecular weight excluding hydrogens is 240 g/mol. The predicted octanol–water partition coefficient (Wildman–Crippen LogP) is 1.66. The van der Waals surface area contributed by atoms with Crippen LogP contribution < -0.4 is 5.32 Å². The molecule has 3 rings (SSSR count). The van der Waals surface area contributed by atoms with Gasteiger partial charge in [0.2, 0.25) is 0 Å². The lowest BCUT2D eigenvalue weighted by Gasteiger charge is -2.04. The lowest BCUT2D eigenvalue weighted by Crippen LogP contribution is -2.24. The average Bonchev–Trinajstić information content (AvgIpc) is 2.89. The first-order chi connectivity index (χ1) is 9.34. The van der Waals surface area contributed by atoms with Crippen LogP contribution in [0.2, 0.25) is 0 Å². The standard InChI is InChI=1S/C14H12N4O/c19-14(11-4-3-6-15-8-11)17-10-13-16-9-12-5-1-2-7-18(12)13/h1-9H,10H2,(H,17,19). The van der Waals surface area contributed by atoms with Crippen molar-refractivity contribution in [1.29, 1.82) is 0 Å². The summed E-state index contributed by atoms with van der Waals surface area (Å²) in [4.78, 5) is 20.1. The van der Waals surface area contributed by atoms with Crippen LogP contribution >= 0.6 is 0 Å². The van der Waals surface area contributed by atoms with E-state index in [1.54, 1.807) is 30.7 Å². The first-order valence-corrected chi connectivity index (χ1v) is 5.94. The lowest BCUT2D eigenvalue weighted by atomic mass is 10.3. The third-order valence-electron chi connectivity index (χ3n) is 2.85. The van der Waals surface area contributed by atoms with Crippen molar-refractivity contribution in [2.24, 2.45) is 0 Å². The van der Waals surface area contributed by atoms with Gasteiger partial charge in [0.05, 0.1) is 23.8 Å². The largest absolute Gasteiger partial charge is 0.345 e. The summed E-state index contributed by atoms with van der Waals surface area (Å²) >= 11 is 0. The van der Waals surface area contributed by atoms with Crippen LogP contribution in [0, 0.1) is 0 Å². The van der Waals surface area contributed by atoms with Gasteiger partial charge in [-0.2, -0.15) is 0 Å². The molecule has 0 aliphatic carbocycles. The minimum absolute atomic E-state index is 0.152. The summed E-state index contributed by atoms with van der Waals surface area (Å²) < 4.78 is 1.95. The number of carbonyl (C=O) groups excluding carboxylic acids is 1. The highest BCUT2D eigenvalue weighted by molar-refractivity contribution is 5.93. The van der Waals surface area contributed by atoms with E-state index in [-0.39, 0.29) is 5.91 Å². The molecule has 3 aromatic heterocycles. The first kappa shape index (κ1) is 11.4. The van der Waals surface area contributed by atoms with Gasteiger partial charge in [0, 0.05) is 18.6 Å². The van der Waals surface area contributed by atoms with Crippen LogP contribution in [-0.2, 0) is 6.54 Å². The summed E-state index contributed by atoms with van der Waals surface area (Å²) in [5.74, 6) is 0.647. The third-order valence-corrected chi connectivity index (χ3v) is 2.85. The Bertz CT molecular complexity index is 706. The summed E-state index contributed by atoms with van der Waals surface area (Å²) in [6.07, 6.45) is 6.89. The lowest BCUT2D eigenvalue weighted by molar-refractivity contribution is 0.0949. The quantitative estimate of drug-likeness (QED) is 0.771. The Labute approximate surface area is 109 Å². The number of carbonyl (C=O) groups is 1. The molecule has 5 nitrogen and oxygen atoms in total. The summed E-state index contributed by atoms with van der Waals surface area (Å²) in [7, 11) is 0. The zero-order valence-electron chi connectivity index (χ0n) is 10.2. The summed E-state index contributed by atoms with van der Waals surface area (Å²) in [5, 5.41) is 2.83. The maximum Gasteiger partial charge on any atom is 0.253 e. The van der Waals surface area contributed by atoms with Crippen LogP contribution in [0.3, 0.4) is 0 Å². The molecule has 1 amide bonds. The van der Waals surface area contributed by atoms with Crippen LogP contribution in [0.4, 0.5) is 0 Å². The van der Waals surface area contributed by atoms with Crippen LogP contribution in [0.25, 0.3) is 5.52 Å². The molecule has 19 heavy (non-hydrogen) atoms. The zero-order valence-corrected chi connectivity index (χ0v) is 10.2. The maximum absolute atomic E-state index is 11.9. The van der Waals surface area contributed by atoms with E-state index >= 15 is 0 Å². The van der Waals surface area contributed by atoms with Crippen molar-refractivity contribution in [2.75, 3.05) is 0 Å². The van der Waals surface area contributed by atoms with Crippen LogP contribution in [0.15, 0.2) is 55.1 Å². The fraction of sp³-hybridized carbons (Fsp3) is 0.0714. The molecule has 0 fully saturated rings. The second kappa shape index (κ2) is 4.89. The molecule has 0 aliphatic rings. The number of rotatable bonds is 3. The van der Waals surface area contributed by atoms with Gasteiger partial charge in [0.25, 0.3) is 5.91 Å². The first-order valence-electron chi connectivity index (χ1n) is 5.94. The number of pyridine rings is 2. The molecule has 0 radical (unpaired) electrons. The smallest absolute Gasteiger partial charge is 0.253 e. The van der Waals surface area contributed by atoms with E-state index in [1.165, 1.54) is 0 Å². The molecule has 0 spiro atoms. The van der Waals surface area contributed by atoms with Crippen LogP contribution in [-0.4, -0.2) is 20.3 Å². The van der Waals surface area contributed by atoms with E-state index in [1.807, 2.05) is 28.8 Å². The molecule has 94 valence electrons. The van der Waals surface area contributed by atoms with Gasteiger partial charge in [-0.3, -0.25) is 9.78 Å². The molecule has 0 aromatic carbocycles. The Hall–Kier alpha value is -2.69. The molecule has 0 atom stereocenters. The highest BCUT2D eigenvalue weighted by Gasteiger charge is 2.07. The highest BCUT2D eigenvalue weighted by atomic mass is 16.1. The molecule has 0 saturated carbocycles. The fourth-order valence-corrected chi connectivity index (χ4v) is 1.89. The average molecular weight is 252 g/mol. The highest BCUT2D eigenvalue weighted by Crippen LogP contribution is 2.06. The van der Waals surface area contributed by atoms with Crippen molar-refractivity contribution >= 4 is 11.4 Å². The number of hydrogen-bond acceptors (Lipinski definition) is 3. The number of imidazole rings is 1. The second-order valence-corrected chi connectivity index (χ2v) is 4.09. The van der Waals surface area contributed by atoms with E-state index in [0.29, 0.717) is 12.1 Å². The number of nitrogens with one attached hydrogen (secondary N) is 1. The zero-order chi connectivity index (χ0) is 13.1. The molecule has 5 heteroatoms. The Kier molecular flexibility index (Phi) is 2.94. The SMILES string of the molecule is O=C(NCc1ncc2ccccn12)c1cccnc1. The summed E-state index contributed by atoms with van der Waals surface area (Å²) in [6, 6.07) is 9.32. The van der Waals surface area contributed by atoms with Gasteiger partial charge in [-0.15, -0.1) is 0 Å². The van der Waals surface area contributed by atoms with Gasteiger partial charge in [0.1, 0.15) is 5.82 Å². The third kappa shape index (κ3) is 2.30. The van der Waals surface area contributed by atoms with E-state index in [9.17, 15) is 4.79 Å².